The van der Waals surface area contributed by atoms with Crippen LogP contribution in [0.4, 0.5) is 0 Å². The van der Waals surface area contributed by atoms with E-state index in [1.165, 1.54) is 25.7 Å². The van der Waals surface area contributed by atoms with Crippen molar-refractivity contribution < 1.29 is 8.85 Å². The second kappa shape index (κ2) is 8.31. The highest BCUT2D eigenvalue weighted by Crippen LogP contribution is 2.13. The molecule has 15 heavy (non-hydrogen) atoms. The van der Waals surface area contributed by atoms with Crippen molar-refractivity contribution in [2.45, 2.75) is 72.1 Å². The predicted octanol–water partition coefficient (Wildman–Crippen LogP) is 4.10. The summed E-state index contributed by atoms with van der Waals surface area (Å²) >= 11 is 0. The summed E-state index contributed by atoms with van der Waals surface area (Å²) in [6.07, 6.45) is 6.34. The largest absolute Gasteiger partial charge is 0.395 e. The van der Waals surface area contributed by atoms with Crippen molar-refractivity contribution in [2.24, 2.45) is 0 Å². The van der Waals surface area contributed by atoms with Crippen LogP contribution in [0.15, 0.2) is 0 Å². The van der Waals surface area contributed by atoms with Crippen LogP contribution in [-0.4, -0.2) is 21.3 Å². The van der Waals surface area contributed by atoms with Crippen LogP contribution in [0.25, 0.3) is 0 Å². The first-order chi connectivity index (χ1) is 7.02. The lowest BCUT2D eigenvalue weighted by Crippen LogP contribution is -2.38. The first kappa shape index (κ1) is 15.1. The Hall–Kier alpha value is 0.137. The van der Waals surface area contributed by atoms with Crippen molar-refractivity contribution in [3.8, 4) is 0 Å². The van der Waals surface area contributed by atoms with Gasteiger partial charge >= 0.3 is 8.56 Å². The van der Waals surface area contributed by atoms with Crippen LogP contribution in [0.3, 0.4) is 0 Å². The van der Waals surface area contributed by atoms with Gasteiger partial charge in [0.25, 0.3) is 0 Å². The average molecular weight is 232 g/mol. The van der Waals surface area contributed by atoms with Gasteiger partial charge in [0.15, 0.2) is 0 Å². The fourth-order valence-corrected chi connectivity index (χ4v) is 3.44. The molecule has 0 aromatic rings. The van der Waals surface area contributed by atoms with Crippen LogP contribution in [-0.2, 0) is 8.85 Å². The van der Waals surface area contributed by atoms with E-state index in [1.807, 2.05) is 0 Å². The third-order valence-corrected chi connectivity index (χ3v) is 4.25. The zero-order chi connectivity index (χ0) is 11.7. The van der Waals surface area contributed by atoms with Crippen molar-refractivity contribution >= 4 is 8.56 Å². The van der Waals surface area contributed by atoms with Crippen molar-refractivity contribution in [3.05, 3.63) is 0 Å². The second-order valence-electron chi connectivity index (χ2n) is 4.67. The van der Waals surface area contributed by atoms with Gasteiger partial charge in [-0.15, -0.1) is 0 Å². The minimum Gasteiger partial charge on any atom is -0.395 e. The third-order valence-electron chi connectivity index (χ3n) is 2.38. The zero-order valence-corrected chi connectivity index (χ0v) is 12.1. The second-order valence-corrected chi connectivity index (χ2v) is 8.00. The molecular formula is C12H28O2Si. The first-order valence-corrected chi connectivity index (χ1v) is 9.15. The summed E-state index contributed by atoms with van der Waals surface area (Å²) in [5, 5.41) is 0. The van der Waals surface area contributed by atoms with E-state index < -0.39 is 8.56 Å². The van der Waals surface area contributed by atoms with Crippen LogP contribution >= 0.6 is 0 Å². The van der Waals surface area contributed by atoms with Crippen molar-refractivity contribution in [1.29, 1.82) is 0 Å². The molecule has 0 aromatic heterocycles. The zero-order valence-electron chi connectivity index (χ0n) is 11.1. The Morgan fingerprint density at radius 2 is 1.73 bits per heavy atom. The van der Waals surface area contributed by atoms with Gasteiger partial charge in [0.05, 0.1) is 0 Å². The smallest absolute Gasteiger partial charge is 0.331 e. The van der Waals surface area contributed by atoms with E-state index in [2.05, 4.69) is 33.9 Å². The Labute approximate surface area is 96.6 Å². The molecule has 0 heterocycles. The van der Waals surface area contributed by atoms with E-state index in [1.54, 1.807) is 0 Å². The lowest BCUT2D eigenvalue weighted by atomic mass is 10.2. The van der Waals surface area contributed by atoms with Gasteiger partial charge in [0.1, 0.15) is 0 Å². The highest BCUT2D eigenvalue weighted by Gasteiger charge is 2.26. The molecule has 0 rings (SSSR count). The maximum absolute atomic E-state index is 5.98. The molecule has 92 valence electrons. The van der Waals surface area contributed by atoms with E-state index in [9.17, 15) is 0 Å². The van der Waals surface area contributed by atoms with E-state index in [-0.39, 0.29) is 0 Å². The summed E-state index contributed by atoms with van der Waals surface area (Å²) in [5.74, 6) is 0. The monoisotopic (exact) mass is 232 g/mol. The molecule has 1 unspecified atom stereocenters. The number of hydrogen-bond acceptors (Lipinski definition) is 2. The van der Waals surface area contributed by atoms with Crippen molar-refractivity contribution in [2.75, 3.05) is 6.61 Å². The summed E-state index contributed by atoms with van der Waals surface area (Å²) < 4.78 is 11.8. The molecule has 0 saturated heterocycles. The van der Waals surface area contributed by atoms with Crippen LogP contribution in [0.5, 0.6) is 0 Å². The molecule has 0 aromatic carbocycles. The summed E-state index contributed by atoms with van der Waals surface area (Å²) in [5.41, 5.74) is 0. The van der Waals surface area contributed by atoms with E-state index in [0.29, 0.717) is 6.10 Å². The lowest BCUT2D eigenvalue weighted by molar-refractivity contribution is 0.123. The number of unbranched alkanes of at least 4 members (excludes halogenated alkanes) is 2. The van der Waals surface area contributed by atoms with Crippen LogP contribution in [0, 0.1) is 0 Å². The molecule has 0 amide bonds. The molecule has 0 radical (unpaired) electrons. The minimum atomic E-state index is -1.85. The highest BCUT2D eigenvalue weighted by atomic mass is 28.4. The standard InChI is InChI=1S/C12H28O2Si/c1-6-8-9-11-13-15(4,5)14-12(3)10-7-2/h12H,6-11H2,1-5H3. The highest BCUT2D eigenvalue weighted by molar-refractivity contribution is 6.64. The fraction of sp³-hybridized carbons (Fsp3) is 1.00. The molecule has 0 aliphatic rings. The Kier molecular flexibility index (Phi) is 8.38. The summed E-state index contributed by atoms with van der Waals surface area (Å²) in [4.78, 5) is 0. The van der Waals surface area contributed by atoms with Gasteiger partial charge in [-0.3, -0.25) is 0 Å². The first-order valence-electron chi connectivity index (χ1n) is 6.33. The molecule has 0 aliphatic carbocycles. The number of hydrogen-bond donors (Lipinski definition) is 0. The SMILES string of the molecule is CCCCCO[Si](C)(C)OC(C)CCC. The predicted molar refractivity (Wildman–Crippen MR) is 68.4 cm³/mol. The Morgan fingerprint density at radius 1 is 1.07 bits per heavy atom. The molecule has 0 bridgehead atoms. The fourth-order valence-electron chi connectivity index (χ4n) is 1.65. The van der Waals surface area contributed by atoms with Gasteiger partial charge in [-0.05, 0) is 32.9 Å². The van der Waals surface area contributed by atoms with Gasteiger partial charge < -0.3 is 8.85 Å². The Morgan fingerprint density at radius 3 is 2.27 bits per heavy atom. The third kappa shape index (κ3) is 9.09. The molecule has 0 spiro atoms. The number of rotatable bonds is 9. The Bertz CT molecular complexity index is 149. The van der Waals surface area contributed by atoms with Gasteiger partial charge in [-0.25, -0.2) is 0 Å². The van der Waals surface area contributed by atoms with E-state index in [0.717, 1.165) is 13.0 Å². The van der Waals surface area contributed by atoms with Crippen LogP contribution in [0.2, 0.25) is 13.1 Å². The molecule has 0 N–H and O–H groups in total. The molecule has 0 fully saturated rings. The normalized spacial score (nSPS) is 14.2. The molecule has 2 nitrogen and oxygen atoms in total. The average Bonchev–Trinajstić information content (AvgIpc) is 2.12. The summed E-state index contributed by atoms with van der Waals surface area (Å²) in [7, 11) is -1.85. The van der Waals surface area contributed by atoms with Gasteiger partial charge in [0, 0.05) is 12.7 Å². The van der Waals surface area contributed by atoms with Crippen molar-refractivity contribution in [3.63, 3.8) is 0 Å². The summed E-state index contributed by atoms with van der Waals surface area (Å²) in [6.45, 7) is 11.7. The molecule has 0 saturated carbocycles. The van der Waals surface area contributed by atoms with Crippen LogP contribution < -0.4 is 0 Å². The van der Waals surface area contributed by atoms with E-state index >= 15 is 0 Å². The van der Waals surface area contributed by atoms with Gasteiger partial charge in [-0.1, -0.05) is 33.1 Å². The Balaban J connectivity index is 3.65. The van der Waals surface area contributed by atoms with Crippen LogP contribution in [0.1, 0.15) is 52.9 Å². The van der Waals surface area contributed by atoms with E-state index in [4.69, 9.17) is 8.85 Å². The van der Waals surface area contributed by atoms with Gasteiger partial charge in [0.2, 0.25) is 0 Å². The maximum Gasteiger partial charge on any atom is 0.331 e. The lowest BCUT2D eigenvalue weighted by Gasteiger charge is -2.26. The topological polar surface area (TPSA) is 18.5 Å². The summed E-state index contributed by atoms with van der Waals surface area (Å²) in [6, 6.07) is 0. The molecular weight excluding hydrogens is 204 g/mol. The van der Waals surface area contributed by atoms with Gasteiger partial charge in [-0.2, -0.15) is 0 Å². The van der Waals surface area contributed by atoms with Crippen molar-refractivity contribution in [1.82, 2.24) is 0 Å². The maximum atomic E-state index is 5.98. The molecule has 0 aliphatic heterocycles. The quantitative estimate of drug-likeness (QED) is 0.440. The minimum absolute atomic E-state index is 0.350. The molecule has 1 atom stereocenters. The molecule has 3 heteroatoms.